The molecule has 6 rings (SSSR count). The van der Waals surface area contributed by atoms with Gasteiger partial charge in [-0.3, -0.25) is 9.00 Å². The summed E-state index contributed by atoms with van der Waals surface area (Å²) in [4.78, 5) is 12.6. The highest BCUT2D eigenvalue weighted by molar-refractivity contribution is 7.80. The van der Waals surface area contributed by atoms with Crippen LogP contribution in [0.5, 0.6) is 0 Å². The number of nitrogens with two attached hydrogens (primary N) is 1. The van der Waals surface area contributed by atoms with Crippen molar-refractivity contribution in [2.75, 3.05) is 10.8 Å². The van der Waals surface area contributed by atoms with E-state index in [1.165, 1.54) is 22.5 Å². The van der Waals surface area contributed by atoms with E-state index in [9.17, 15) is 17.9 Å². The van der Waals surface area contributed by atoms with Crippen molar-refractivity contribution in [2.45, 2.75) is 70.5 Å². The van der Waals surface area contributed by atoms with Gasteiger partial charge in [0.05, 0.1) is 22.5 Å². The number of anilines is 1. The van der Waals surface area contributed by atoms with Gasteiger partial charge in [0.2, 0.25) is 0 Å². The molecule has 1 amide bonds. The van der Waals surface area contributed by atoms with Crippen LogP contribution in [0.3, 0.4) is 0 Å². The second kappa shape index (κ2) is 11.7. The Labute approximate surface area is 263 Å². The van der Waals surface area contributed by atoms with E-state index in [1.807, 2.05) is 27.7 Å². The minimum absolute atomic E-state index is 0.0279. The number of furan rings is 1. The van der Waals surface area contributed by atoms with Crippen molar-refractivity contribution in [3.05, 3.63) is 94.2 Å². The second-order valence-electron chi connectivity index (χ2n) is 12.8. The highest BCUT2D eigenvalue weighted by Gasteiger charge is 2.51. The lowest BCUT2D eigenvalue weighted by atomic mass is 9.78. The van der Waals surface area contributed by atoms with E-state index in [1.54, 1.807) is 36.4 Å². The number of rotatable bonds is 10. The van der Waals surface area contributed by atoms with Gasteiger partial charge in [-0.15, -0.1) is 0 Å². The molecule has 8 nitrogen and oxygen atoms in total. The minimum Gasteiger partial charge on any atom is -0.755 e. The fourth-order valence-corrected chi connectivity index (χ4v) is 6.27. The number of nitrogens with zero attached hydrogens (tertiary/aromatic N) is 1. The average molecular weight is 636 g/mol. The Hall–Kier alpha value is -3.58. The van der Waals surface area contributed by atoms with Gasteiger partial charge in [-0.2, -0.15) is 0 Å². The SMILES string of the molecule is CC1(C)OB(c2ccc(CCN(c3cc4oc(Cc5ccc(F)cc5)c(C(N)=O)c4cc3C3CC3)S(=O)[O-])c(F)c2)OC1(C)C. The molecule has 2 N–H and O–H groups in total. The van der Waals surface area contributed by atoms with Gasteiger partial charge in [0.15, 0.2) is 0 Å². The molecule has 0 spiro atoms. The Bertz CT molecular complexity index is 1790. The van der Waals surface area contributed by atoms with Crippen molar-refractivity contribution in [3.63, 3.8) is 0 Å². The van der Waals surface area contributed by atoms with Crippen molar-refractivity contribution in [1.29, 1.82) is 0 Å². The molecule has 0 bridgehead atoms. The van der Waals surface area contributed by atoms with Gasteiger partial charge in [-0.05, 0) is 99.3 Å². The fraction of sp³-hybridized carbons (Fsp3) is 0.364. The van der Waals surface area contributed by atoms with Crippen LogP contribution in [-0.2, 0) is 33.4 Å². The van der Waals surface area contributed by atoms with Gasteiger partial charge in [0, 0.05) is 35.7 Å². The maximum absolute atomic E-state index is 15.3. The third-order valence-electron chi connectivity index (χ3n) is 9.09. The first-order valence-corrected chi connectivity index (χ1v) is 15.9. The quantitative estimate of drug-likeness (QED) is 0.184. The van der Waals surface area contributed by atoms with Gasteiger partial charge in [0.1, 0.15) is 23.0 Å². The summed E-state index contributed by atoms with van der Waals surface area (Å²) < 4.78 is 73.3. The Kier molecular flexibility index (Phi) is 8.13. The van der Waals surface area contributed by atoms with E-state index < -0.39 is 41.3 Å². The van der Waals surface area contributed by atoms with Crippen LogP contribution in [0, 0.1) is 11.6 Å². The van der Waals surface area contributed by atoms with Gasteiger partial charge < -0.3 is 28.3 Å². The fourth-order valence-electron chi connectivity index (χ4n) is 5.71. The zero-order valence-corrected chi connectivity index (χ0v) is 26.3. The van der Waals surface area contributed by atoms with Crippen molar-refractivity contribution in [1.82, 2.24) is 0 Å². The number of amides is 1. The summed E-state index contributed by atoms with van der Waals surface area (Å²) in [7, 11) is -0.719. The van der Waals surface area contributed by atoms with Crippen LogP contribution in [0.15, 0.2) is 59.0 Å². The molecule has 1 aromatic heterocycles. The lowest BCUT2D eigenvalue weighted by Crippen LogP contribution is -2.41. The summed E-state index contributed by atoms with van der Waals surface area (Å²) in [5, 5.41) is 0.492. The van der Waals surface area contributed by atoms with E-state index in [0.29, 0.717) is 33.4 Å². The van der Waals surface area contributed by atoms with E-state index in [2.05, 4.69) is 0 Å². The average Bonchev–Trinajstić information content (AvgIpc) is 3.70. The van der Waals surface area contributed by atoms with Gasteiger partial charge in [0.25, 0.3) is 5.91 Å². The molecule has 0 radical (unpaired) electrons. The Morgan fingerprint density at radius 1 is 1.04 bits per heavy atom. The maximum Gasteiger partial charge on any atom is 0.494 e. The smallest absolute Gasteiger partial charge is 0.494 e. The summed E-state index contributed by atoms with van der Waals surface area (Å²) in [5.41, 5.74) is 7.90. The number of hydrogen-bond acceptors (Lipinski definition) is 6. The largest absolute Gasteiger partial charge is 0.755 e. The topological polar surface area (TPSA) is 118 Å². The van der Waals surface area contributed by atoms with E-state index in [4.69, 9.17) is 19.5 Å². The molecule has 1 saturated heterocycles. The van der Waals surface area contributed by atoms with Crippen LogP contribution in [0.25, 0.3) is 11.0 Å². The van der Waals surface area contributed by atoms with Crippen LogP contribution < -0.4 is 15.5 Å². The molecule has 236 valence electrons. The van der Waals surface area contributed by atoms with Crippen LogP contribution in [0.2, 0.25) is 0 Å². The molecule has 1 unspecified atom stereocenters. The first kappa shape index (κ1) is 31.4. The summed E-state index contributed by atoms with van der Waals surface area (Å²) >= 11 is -2.69. The molecule has 2 fully saturated rings. The number of primary amides is 1. The van der Waals surface area contributed by atoms with Gasteiger partial charge >= 0.3 is 7.12 Å². The molecular weight excluding hydrogens is 601 g/mol. The second-order valence-corrected chi connectivity index (χ2v) is 13.6. The molecule has 1 aliphatic carbocycles. The van der Waals surface area contributed by atoms with E-state index >= 15 is 4.39 Å². The van der Waals surface area contributed by atoms with Crippen LogP contribution in [0.4, 0.5) is 14.5 Å². The highest BCUT2D eigenvalue weighted by atomic mass is 32.2. The number of carbonyl (C=O) groups is 1. The summed E-state index contributed by atoms with van der Waals surface area (Å²) in [6.45, 7) is 7.66. The van der Waals surface area contributed by atoms with Crippen molar-refractivity contribution in [3.8, 4) is 0 Å². The standard InChI is InChI=1S/C33H35BF2N2O6S/c1-32(2)33(3,4)44-34(43-32)22-10-9-21(26(36)16-22)13-14-38(45(40)41)27-18-28-25(17-24(27)20-7-8-20)30(31(37)39)29(42-28)15-19-5-11-23(35)12-6-19/h5-6,9-12,16-18,20H,7-8,13-15H2,1-4H3,(H2,37,39)(H,40,41)/p-1. The van der Waals surface area contributed by atoms with Crippen molar-refractivity contribution in [2.24, 2.45) is 5.73 Å². The monoisotopic (exact) mass is 635 g/mol. The molecule has 2 aliphatic rings. The zero-order valence-electron chi connectivity index (χ0n) is 25.5. The van der Waals surface area contributed by atoms with Crippen LogP contribution in [0.1, 0.15) is 79.3 Å². The zero-order chi connectivity index (χ0) is 32.3. The predicted molar refractivity (Wildman–Crippen MR) is 168 cm³/mol. The number of halogens is 2. The minimum atomic E-state index is -2.69. The Morgan fingerprint density at radius 2 is 1.71 bits per heavy atom. The lowest BCUT2D eigenvalue weighted by molar-refractivity contribution is 0.00578. The normalized spacial score (nSPS) is 18.0. The van der Waals surface area contributed by atoms with Gasteiger partial charge in [-0.25, -0.2) is 8.78 Å². The first-order valence-electron chi connectivity index (χ1n) is 14.9. The lowest BCUT2D eigenvalue weighted by Gasteiger charge is -2.32. The summed E-state index contributed by atoms with van der Waals surface area (Å²) in [6, 6.07) is 13.9. The van der Waals surface area contributed by atoms with Crippen LogP contribution >= 0.6 is 0 Å². The van der Waals surface area contributed by atoms with Gasteiger partial charge in [-0.1, -0.05) is 24.3 Å². The molecule has 2 heterocycles. The maximum atomic E-state index is 15.3. The number of fused-ring (bicyclic) bond motifs is 1. The molecular formula is C33H34BF2N2O6S-. The van der Waals surface area contributed by atoms with Crippen molar-refractivity contribution >= 4 is 46.4 Å². The van der Waals surface area contributed by atoms with E-state index in [-0.39, 0.29) is 36.7 Å². The van der Waals surface area contributed by atoms with Crippen molar-refractivity contribution < 1.29 is 36.1 Å². The number of carbonyl (C=O) groups excluding carboxylic acids is 1. The molecule has 3 aromatic carbocycles. The predicted octanol–water partition coefficient (Wildman–Crippen LogP) is 5.42. The highest BCUT2D eigenvalue weighted by Crippen LogP contribution is 2.47. The summed E-state index contributed by atoms with van der Waals surface area (Å²) in [5.74, 6) is -1.14. The molecule has 12 heteroatoms. The third-order valence-corrected chi connectivity index (χ3v) is 9.83. The summed E-state index contributed by atoms with van der Waals surface area (Å²) in [6.07, 6.45) is 2.02. The Morgan fingerprint density at radius 3 is 2.29 bits per heavy atom. The molecule has 1 saturated carbocycles. The molecule has 4 aromatic rings. The molecule has 1 atom stereocenters. The Balaban J connectivity index is 1.29. The molecule has 45 heavy (non-hydrogen) atoms. The number of hydrogen-bond donors (Lipinski definition) is 1. The third kappa shape index (κ3) is 6.16. The van der Waals surface area contributed by atoms with Crippen LogP contribution in [-0.4, -0.2) is 39.5 Å². The van der Waals surface area contributed by atoms with E-state index in [0.717, 1.165) is 24.0 Å². The molecule has 1 aliphatic heterocycles. The first-order chi connectivity index (χ1) is 21.2. The number of benzene rings is 3.